The molecule has 1 aliphatic rings. The van der Waals surface area contributed by atoms with Crippen LogP contribution in [-0.2, 0) is 6.54 Å². The van der Waals surface area contributed by atoms with E-state index >= 15 is 0 Å². The van der Waals surface area contributed by atoms with E-state index < -0.39 is 0 Å². The van der Waals surface area contributed by atoms with Crippen molar-refractivity contribution < 1.29 is 4.57 Å². The Balaban J connectivity index is 1.62. The molecule has 1 aromatic heterocycles. The highest BCUT2D eigenvalue weighted by atomic mass is 32.2. The van der Waals surface area contributed by atoms with E-state index in [4.69, 9.17) is 0 Å². The third kappa shape index (κ3) is 3.08. The van der Waals surface area contributed by atoms with Gasteiger partial charge in [-0.3, -0.25) is 0 Å². The molecule has 0 saturated heterocycles. The van der Waals surface area contributed by atoms with Gasteiger partial charge < -0.3 is 0 Å². The van der Waals surface area contributed by atoms with E-state index in [0.29, 0.717) is 0 Å². The second-order valence-electron chi connectivity index (χ2n) is 6.81. The molecule has 5 rings (SSSR count). The lowest BCUT2D eigenvalue weighted by Crippen LogP contribution is -2.37. The largest absolute Gasteiger partial charge is 0.323 e. The molecule has 0 fully saturated rings. The van der Waals surface area contributed by atoms with Gasteiger partial charge in [0.15, 0.2) is 5.69 Å². The Bertz CT molecular complexity index is 1050. The van der Waals surface area contributed by atoms with Crippen LogP contribution < -0.4 is 4.57 Å². The highest BCUT2D eigenvalue weighted by Gasteiger charge is 2.28. The van der Waals surface area contributed by atoms with E-state index in [0.717, 1.165) is 6.54 Å². The summed E-state index contributed by atoms with van der Waals surface area (Å²) in [6.45, 7) is 1.09. The molecule has 0 saturated carbocycles. The molecule has 0 radical (unpaired) electrons. The lowest BCUT2D eigenvalue weighted by atomic mass is 10.0. The molecule has 0 aliphatic carbocycles. The van der Waals surface area contributed by atoms with E-state index in [1.165, 1.54) is 45.4 Å². The van der Waals surface area contributed by atoms with E-state index in [2.05, 4.69) is 100 Å². The Labute approximate surface area is 164 Å². The van der Waals surface area contributed by atoms with Crippen LogP contribution in [0.25, 0.3) is 28.1 Å². The van der Waals surface area contributed by atoms with Gasteiger partial charge in [-0.05, 0) is 53.6 Å². The number of fused-ring (bicyclic) bond motifs is 1. The summed E-state index contributed by atoms with van der Waals surface area (Å²) in [5.74, 6) is 1.18. The number of para-hydroxylation sites is 1. The summed E-state index contributed by atoms with van der Waals surface area (Å²) >= 11 is 1.95. The summed E-state index contributed by atoms with van der Waals surface area (Å²) < 4.78 is 4.81. The van der Waals surface area contributed by atoms with E-state index in [9.17, 15) is 0 Å². The molecule has 2 nitrogen and oxygen atoms in total. The predicted molar refractivity (Wildman–Crippen MR) is 112 cm³/mol. The Morgan fingerprint density at radius 3 is 2.07 bits per heavy atom. The first-order valence-electron chi connectivity index (χ1n) is 9.39. The average molecular weight is 370 g/mol. The molecule has 0 spiro atoms. The summed E-state index contributed by atoms with van der Waals surface area (Å²) in [6.07, 6.45) is 3.54. The number of aromatic nitrogens is 2. The monoisotopic (exact) mass is 369 g/mol. The molecule has 27 heavy (non-hydrogen) atoms. The molecule has 0 bridgehead atoms. The minimum Gasteiger partial charge on any atom is -0.224 e. The van der Waals surface area contributed by atoms with Gasteiger partial charge in [0.1, 0.15) is 11.9 Å². The van der Waals surface area contributed by atoms with Crippen molar-refractivity contribution in [2.75, 3.05) is 5.75 Å². The standard InChI is InChI=1S/C24H21N2S/c1-3-8-19(9-4-1)20-12-14-21(15-13-20)23-18-25-16-7-17-27-24(25)26(23)22-10-5-2-6-11-22/h1-6,8-15,18H,7,16-17H2/q+1. The van der Waals surface area contributed by atoms with Crippen molar-refractivity contribution in [3.63, 3.8) is 0 Å². The summed E-state index contributed by atoms with van der Waals surface area (Å²) in [4.78, 5) is 0. The summed E-state index contributed by atoms with van der Waals surface area (Å²) in [7, 11) is 0. The summed E-state index contributed by atoms with van der Waals surface area (Å²) in [5, 5.41) is 1.33. The number of nitrogens with zero attached hydrogens (tertiary/aromatic N) is 2. The Kier molecular flexibility index (Phi) is 4.30. The fraction of sp³-hybridized carbons (Fsp3) is 0.125. The fourth-order valence-corrected chi connectivity index (χ4v) is 4.79. The quantitative estimate of drug-likeness (QED) is 0.427. The van der Waals surface area contributed by atoms with Gasteiger partial charge in [-0.1, -0.05) is 60.7 Å². The topological polar surface area (TPSA) is 8.81 Å². The molecule has 0 unspecified atom stereocenters. The van der Waals surface area contributed by atoms with Gasteiger partial charge in [0.25, 0.3) is 0 Å². The van der Waals surface area contributed by atoms with Crippen LogP contribution in [0.15, 0.2) is 96.3 Å². The van der Waals surface area contributed by atoms with E-state index in [1.54, 1.807) is 0 Å². The first kappa shape index (κ1) is 16.4. The summed E-state index contributed by atoms with van der Waals surface area (Å²) in [5.41, 5.74) is 6.24. The van der Waals surface area contributed by atoms with Crippen molar-refractivity contribution in [3.8, 4) is 28.1 Å². The van der Waals surface area contributed by atoms with Crippen LogP contribution in [0.4, 0.5) is 0 Å². The van der Waals surface area contributed by atoms with Gasteiger partial charge in [0.05, 0.1) is 6.54 Å². The number of hydrogen-bond acceptors (Lipinski definition) is 1. The van der Waals surface area contributed by atoms with Crippen LogP contribution in [0.2, 0.25) is 0 Å². The predicted octanol–water partition coefficient (Wildman–Crippen LogP) is 5.59. The van der Waals surface area contributed by atoms with Gasteiger partial charge in [-0.15, -0.1) is 0 Å². The molecule has 2 heterocycles. The van der Waals surface area contributed by atoms with Crippen LogP contribution in [-0.4, -0.2) is 10.3 Å². The maximum atomic E-state index is 2.40. The van der Waals surface area contributed by atoms with Crippen molar-refractivity contribution in [3.05, 3.63) is 91.1 Å². The SMILES string of the molecule is c1ccc(-c2ccc(-c3c[n+]4c(n3-c3ccccc3)SCCC4)cc2)cc1. The maximum absolute atomic E-state index is 2.40. The minimum absolute atomic E-state index is 1.09. The third-order valence-electron chi connectivity index (χ3n) is 5.03. The molecular formula is C24H21N2S+. The number of hydrogen-bond donors (Lipinski definition) is 0. The number of aryl methyl sites for hydroxylation is 1. The number of rotatable bonds is 3. The number of benzene rings is 3. The van der Waals surface area contributed by atoms with Crippen LogP contribution in [0, 0.1) is 0 Å². The van der Waals surface area contributed by atoms with Crippen molar-refractivity contribution in [2.24, 2.45) is 0 Å². The van der Waals surface area contributed by atoms with Gasteiger partial charge in [-0.2, -0.15) is 4.57 Å². The van der Waals surface area contributed by atoms with Gasteiger partial charge in [-0.25, -0.2) is 4.57 Å². The summed E-state index contributed by atoms with van der Waals surface area (Å²) in [6, 6.07) is 30.2. The highest BCUT2D eigenvalue weighted by molar-refractivity contribution is 7.99. The Hall–Kier alpha value is -2.78. The van der Waals surface area contributed by atoms with Crippen LogP contribution in [0.5, 0.6) is 0 Å². The molecule has 0 atom stereocenters. The van der Waals surface area contributed by atoms with E-state index in [-0.39, 0.29) is 0 Å². The zero-order valence-electron chi connectivity index (χ0n) is 15.1. The Morgan fingerprint density at radius 1 is 0.704 bits per heavy atom. The number of imidazole rings is 1. The molecule has 0 N–H and O–H groups in total. The van der Waals surface area contributed by atoms with E-state index in [1.807, 2.05) is 11.8 Å². The second-order valence-corrected chi connectivity index (χ2v) is 7.87. The van der Waals surface area contributed by atoms with Gasteiger partial charge in [0.2, 0.25) is 0 Å². The first-order chi connectivity index (χ1) is 13.4. The molecule has 4 aromatic rings. The van der Waals surface area contributed by atoms with Crippen molar-refractivity contribution in [2.45, 2.75) is 18.1 Å². The molecule has 3 aromatic carbocycles. The number of thioether (sulfide) groups is 1. The zero-order valence-corrected chi connectivity index (χ0v) is 15.9. The highest BCUT2D eigenvalue weighted by Crippen LogP contribution is 2.32. The van der Waals surface area contributed by atoms with Crippen molar-refractivity contribution >= 4 is 11.8 Å². The minimum atomic E-state index is 1.09. The smallest absolute Gasteiger partial charge is 0.224 e. The maximum Gasteiger partial charge on any atom is 0.323 e. The lowest BCUT2D eigenvalue weighted by Gasteiger charge is -2.09. The Morgan fingerprint density at radius 2 is 1.33 bits per heavy atom. The first-order valence-corrected chi connectivity index (χ1v) is 10.4. The molecular weight excluding hydrogens is 348 g/mol. The van der Waals surface area contributed by atoms with Crippen LogP contribution in [0.3, 0.4) is 0 Å². The van der Waals surface area contributed by atoms with Crippen molar-refractivity contribution in [1.82, 2.24) is 4.57 Å². The lowest BCUT2D eigenvalue weighted by molar-refractivity contribution is -0.734. The molecule has 1 aliphatic heterocycles. The molecule has 3 heteroatoms. The average Bonchev–Trinajstić information content (AvgIpc) is 3.15. The molecule has 0 amide bonds. The van der Waals surface area contributed by atoms with Crippen LogP contribution >= 0.6 is 11.8 Å². The zero-order chi connectivity index (χ0) is 18.1. The second kappa shape index (κ2) is 7.09. The fourth-order valence-electron chi connectivity index (χ4n) is 3.69. The normalized spacial score (nSPS) is 13.3. The van der Waals surface area contributed by atoms with Crippen LogP contribution in [0.1, 0.15) is 6.42 Å². The third-order valence-corrected chi connectivity index (χ3v) is 6.20. The van der Waals surface area contributed by atoms with Gasteiger partial charge >= 0.3 is 5.16 Å². The molecule has 132 valence electrons. The van der Waals surface area contributed by atoms with Gasteiger partial charge in [0, 0.05) is 11.3 Å². The van der Waals surface area contributed by atoms with Crippen molar-refractivity contribution in [1.29, 1.82) is 0 Å².